The van der Waals surface area contributed by atoms with Crippen molar-refractivity contribution in [2.45, 2.75) is 47.0 Å². The number of para-hydroxylation sites is 1. The molecule has 0 radical (unpaired) electrons. The number of nitrogens with zero attached hydrogens (tertiary/aromatic N) is 3. The second kappa shape index (κ2) is 8.53. The Morgan fingerprint density at radius 3 is 2.44 bits per heavy atom. The molecule has 5 nitrogen and oxygen atoms in total. The van der Waals surface area contributed by atoms with E-state index in [-0.39, 0.29) is 5.91 Å². The van der Waals surface area contributed by atoms with E-state index in [4.69, 9.17) is 0 Å². The van der Waals surface area contributed by atoms with Crippen molar-refractivity contribution < 1.29 is 4.79 Å². The first-order chi connectivity index (χ1) is 13.0. The summed E-state index contributed by atoms with van der Waals surface area (Å²) >= 11 is 0. The Kier molecular flexibility index (Phi) is 6.11. The maximum atomic E-state index is 12.1. The number of hydrogen-bond donors (Lipinski definition) is 1. The molecule has 0 bridgehead atoms. The van der Waals surface area contributed by atoms with E-state index in [9.17, 15) is 4.79 Å². The predicted molar refractivity (Wildman–Crippen MR) is 111 cm³/mol. The van der Waals surface area contributed by atoms with E-state index >= 15 is 0 Å². The molecule has 27 heavy (non-hydrogen) atoms. The Labute approximate surface area is 162 Å². The Morgan fingerprint density at radius 2 is 1.78 bits per heavy atom. The minimum Gasteiger partial charge on any atom is -0.317 e. The number of rotatable bonds is 5. The largest absolute Gasteiger partial charge is 0.317 e. The number of carbonyl (C=O) groups is 1. The highest BCUT2D eigenvalue weighted by Crippen LogP contribution is 2.25. The third-order valence-electron chi connectivity index (χ3n) is 5.34. The van der Waals surface area contributed by atoms with E-state index in [1.54, 1.807) is 6.21 Å². The van der Waals surface area contributed by atoms with Crippen molar-refractivity contribution in [2.24, 2.45) is 5.10 Å². The summed E-state index contributed by atoms with van der Waals surface area (Å²) in [7, 11) is 0. The average molecular weight is 367 g/mol. The normalized spacial score (nSPS) is 15.4. The molecule has 0 spiro atoms. The topological polar surface area (TPSA) is 49.6 Å². The summed E-state index contributed by atoms with van der Waals surface area (Å²) in [5.41, 5.74) is 9.69. The lowest BCUT2D eigenvalue weighted by molar-refractivity contribution is -0.122. The van der Waals surface area contributed by atoms with Gasteiger partial charge in [0, 0.05) is 17.0 Å². The summed E-state index contributed by atoms with van der Waals surface area (Å²) in [5.74, 6) is -0.0447. The molecule has 2 aromatic rings. The molecule has 1 aromatic carbocycles. The lowest BCUT2D eigenvalue weighted by atomic mass is 10.1. The molecule has 0 unspecified atom stereocenters. The number of likely N-dealkylation sites (tertiary alicyclic amines) is 1. The maximum Gasteiger partial charge on any atom is 0.254 e. The minimum absolute atomic E-state index is 0.0447. The van der Waals surface area contributed by atoms with Gasteiger partial charge in [-0.15, -0.1) is 0 Å². The molecule has 1 saturated heterocycles. The zero-order chi connectivity index (χ0) is 19.4. The van der Waals surface area contributed by atoms with Crippen LogP contribution in [0.15, 0.2) is 29.4 Å². The zero-order valence-electron chi connectivity index (χ0n) is 16.9. The fourth-order valence-electron chi connectivity index (χ4n) is 3.95. The number of benzene rings is 1. The van der Waals surface area contributed by atoms with E-state index in [1.807, 2.05) is 0 Å². The number of hydrazone groups is 1. The van der Waals surface area contributed by atoms with Crippen LogP contribution in [0.1, 0.15) is 47.3 Å². The summed E-state index contributed by atoms with van der Waals surface area (Å²) in [6.07, 6.45) is 5.38. The van der Waals surface area contributed by atoms with Gasteiger partial charge in [-0.25, -0.2) is 5.43 Å². The van der Waals surface area contributed by atoms with Gasteiger partial charge in [0.15, 0.2) is 0 Å². The fourth-order valence-corrected chi connectivity index (χ4v) is 3.95. The Morgan fingerprint density at radius 1 is 1.11 bits per heavy atom. The first-order valence-corrected chi connectivity index (χ1v) is 9.77. The second-order valence-electron chi connectivity index (χ2n) is 7.53. The van der Waals surface area contributed by atoms with E-state index in [1.165, 1.54) is 36.1 Å². The highest BCUT2D eigenvalue weighted by atomic mass is 16.2. The first kappa shape index (κ1) is 19.4. The Bertz CT molecular complexity index is 824. The zero-order valence-corrected chi connectivity index (χ0v) is 16.9. The van der Waals surface area contributed by atoms with Crippen LogP contribution in [0.5, 0.6) is 0 Å². The van der Waals surface area contributed by atoms with Crippen molar-refractivity contribution in [3.8, 4) is 5.69 Å². The molecular weight excluding hydrogens is 336 g/mol. The number of nitrogens with one attached hydrogen (secondary N) is 1. The van der Waals surface area contributed by atoms with Gasteiger partial charge in [-0.1, -0.05) is 24.6 Å². The van der Waals surface area contributed by atoms with Crippen LogP contribution in [0.4, 0.5) is 0 Å². The average Bonchev–Trinajstić information content (AvgIpc) is 2.90. The number of aryl methyl sites for hydroxylation is 3. The first-order valence-electron chi connectivity index (χ1n) is 9.77. The lowest BCUT2D eigenvalue weighted by Gasteiger charge is -2.25. The summed E-state index contributed by atoms with van der Waals surface area (Å²) in [5, 5.41) is 4.20. The molecule has 1 amide bonds. The highest BCUT2D eigenvalue weighted by Gasteiger charge is 2.14. The second-order valence-corrected chi connectivity index (χ2v) is 7.53. The van der Waals surface area contributed by atoms with Crippen molar-refractivity contribution in [3.05, 3.63) is 52.3 Å². The third kappa shape index (κ3) is 4.48. The van der Waals surface area contributed by atoms with Crippen molar-refractivity contribution in [1.82, 2.24) is 14.9 Å². The van der Waals surface area contributed by atoms with Gasteiger partial charge in [-0.3, -0.25) is 9.69 Å². The van der Waals surface area contributed by atoms with Crippen LogP contribution >= 0.6 is 0 Å². The van der Waals surface area contributed by atoms with Crippen LogP contribution in [0.25, 0.3) is 5.69 Å². The van der Waals surface area contributed by atoms with Gasteiger partial charge < -0.3 is 4.57 Å². The van der Waals surface area contributed by atoms with Gasteiger partial charge in [-0.2, -0.15) is 5.10 Å². The molecule has 0 atom stereocenters. The molecule has 1 aromatic heterocycles. The van der Waals surface area contributed by atoms with Crippen LogP contribution in [-0.4, -0.2) is 41.2 Å². The maximum absolute atomic E-state index is 12.1. The number of hydrogen-bond acceptors (Lipinski definition) is 3. The number of carbonyl (C=O) groups excluding carboxylic acids is 1. The van der Waals surface area contributed by atoms with Gasteiger partial charge in [-0.05, 0) is 70.8 Å². The van der Waals surface area contributed by atoms with E-state index in [2.05, 4.69) is 72.0 Å². The number of amides is 1. The van der Waals surface area contributed by atoms with E-state index < -0.39 is 0 Å². The van der Waals surface area contributed by atoms with Gasteiger partial charge in [0.2, 0.25) is 0 Å². The quantitative estimate of drug-likeness (QED) is 0.649. The number of piperidine rings is 1. The van der Waals surface area contributed by atoms with Crippen molar-refractivity contribution >= 4 is 12.1 Å². The van der Waals surface area contributed by atoms with Gasteiger partial charge in [0.25, 0.3) is 5.91 Å². The summed E-state index contributed by atoms with van der Waals surface area (Å²) < 4.78 is 2.27. The van der Waals surface area contributed by atoms with Crippen molar-refractivity contribution in [2.75, 3.05) is 19.6 Å². The van der Waals surface area contributed by atoms with Gasteiger partial charge in [0.05, 0.1) is 18.4 Å². The minimum atomic E-state index is -0.0447. The fraction of sp³-hybridized carbons (Fsp3) is 0.455. The lowest BCUT2D eigenvalue weighted by Crippen LogP contribution is -2.38. The molecule has 5 heteroatoms. The predicted octanol–water partition coefficient (Wildman–Crippen LogP) is 3.65. The molecule has 1 fully saturated rings. The summed E-state index contributed by atoms with van der Waals surface area (Å²) in [6.45, 7) is 10.9. The van der Waals surface area contributed by atoms with Crippen LogP contribution < -0.4 is 5.43 Å². The van der Waals surface area contributed by atoms with Crippen LogP contribution in [0.2, 0.25) is 0 Å². The molecule has 2 heterocycles. The van der Waals surface area contributed by atoms with Crippen LogP contribution in [0.3, 0.4) is 0 Å². The molecule has 1 N–H and O–H groups in total. The molecule has 1 aliphatic rings. The van der Waals surface area contributed by atoms with Gasteiger partial charge in [0.1, 0.15) is 0 Å². The Hall–Kier alpha value is -2.40. The molecule has 0 saturated carbocycles. The summed E-state index contributed by atoms with van der Waals surface area (Å²) in [6, 6.07) is 8.47. The third-order valence-corrected chi connectivity index (χ3v) is 5.34. The number of aromatic nitrogens is 1. The van der Waals surface area contributed by atoms with E-state index in [0.29, 0.717) is 6.54 Å². The molecular formula is C22H30N4O. The molecule has 1 aliphatic heterocycles. The van der Waals surface area contributed by atoms with Crippen LogP contribution in [-0.2, 0) is 4.79 Å². The van der Waals surface area contributed by atoms with Crippen molar-refractivity contribution in [3.63, 3.8) is 0 Å². The smallest absolute Gasteiger partial charge is 0.254 e. The SMILES string of the molecule is Cc1cccc(C)c1-n1c(C)cc(/C=N\NC(=O)CN2CCCCC2)c1C. The van der Waals surface area contributed by atoms with Crippen LogP contribution in [0, 0.1) is 27.7 Å². The van der Waals surface area contributed by atoms with Gasteiger partial charge >= 0.3 is 0 Å². The highest BCUT2D eigenvalue weighted by molar-refractivity contribution is 5.84. The standard InChI is InChI=1S/C22H30N4O/c1-16-9-8-10-17(2)22(16)26-18(3)13-20(19(26)4)14-23-24-21(27)15-25-11-6-5-7-12-25/h8-10,13-14H,5-7,11-12,15H2,1-4H3,(H,24,27)/b23-14-. The molecule has 144 valence electrons. The Balaban J connectivity index is 1.71. The van der Waals surface area contributed by atoms with Crippen molar-refractivity contribution in [1.29, 1.82) is 0 Å². The van der Waals surface area contributed by atoms with E-state index in [0.717, 1.165) is 30.0 Å². The summed E-state index contributed by atoms with van der Waals surface area (Å²) in [4.78, 5) is 14.3. The monoisotopic (exact) mass is 366 g/mol. The molecule has 0 aliphatic carbocycles. The molecule has 3 rings (SSSR count).